The molecule has 0 unspecified atom stereocenters. The Balaban J connectivity index is 2.72. The fourth-order valence-electron chi connectivity index (χ4n) is 0.636. The van der Waals surface area contributed by atoms with Crippen LogP contribution in [0.2, 0.25) is 3.93 Å². The Morgan fingerprint density at radius 1 is 1.50 bits per heavy atom. The van der Waals surface area contributed by atoms with Crippen LogP contribution in [0.5, 0.6) is 0 Å². The number of hydrogen-bond acceptors (Lipinski definition) is 1. The SMILES string of the molecule is CS[CH2][Hg][CH2]C(C)C. The molecule has 8 heavy (non-hydrogen) atoms. The Morgan fingerprint density at radius 3 is 2.50 bits per heavy atom. The van der Waals surface area contributed by atoms with Crippen molar-refractivity contribution in [2.75, 3.05) is 9.52 Å². The van der Waals surface area contributed by atoms with E-state index in [4.69, 9.17) is 0 Å². The second-order valence-corrected chi connectivity index (χ2v) is 13.3. The van der Waals surface area contributed by atoms with Crippen molar-refractivity contribution in [2.45, 2.75) is 17.8 Å². The Kier molecular flexibility index (Phi) is 7.43. The Labute approximate surface area is 69.2 Å². The van der Waals surface area contributed by atoms with E-state index in [1.165, 1.54) is 0 Å². The molecule has 2 heteroatoms. The fraction of sp³-hybridized carbons (Fsp3) is 1.00. The maximum atomic E-state index is 2.33. The summed E-state index contributed by atoms with van der Waals surface area (Å²) in [6.45, 7) is 4.67. The van der Waals surface area contributed by atoms with E-state index in [0.717, 1.165) is 5.92 Å². The molecular formula is C6H14HgS. The van der Waals surface area contributed by atoms with Gasteiger partial charge in [-0.3, -0.25) is 0 Å². The second-order valence-electron chi connectivity index (χ2n) is 2.53. The third-order valence-electron chi connectivity index (χ3n) is 1.13. The molecule has 0 aromatic carbocycles. The standard InChI is InChI=1S/C4H9.C2H5S.Hg/c1-4(2)3;1-3-2;/h4H,1H2,2-3H3;1H2,2H3;. The summed E-state index contributed by atoms with van der Waals surface area (Å²) in [5.74, 6) is 0.990. The van der Waals surface area contributed by atoms with Crippen LogP contribution < -0.4 is 0 Å². The van der Waals surface area contributed by atoms with E-state index < -0.39 is 0 Å². The van der Waals surface area contributed by atoms with Crippen molar-refractivity contribution in [3.63, 3.8) is 0 Å². The van der Waals surface area contributed by atoms with Gasteiger partial charge in [-0.05, 0) is 0 Å². The molecule has 0 amide bonds. The Bertz CT molecular complexity index is 45.8. The molecule has 0 nitrogen and oxygen atoms in total. The molecule has 0 aliphatic carbocycles. The van der Waals surface area contributed by atoms with Gasteiger partial charge in [0.25, 0.3) is 0 Å². The predicted octanol–water partition coefficient (Wildman–Crippen LogP) is 2.46. The van der Waals surface area contributed by atoms with Crippen LogP contribution in [0.1, 0.15) is 13.8 Å². The van der Waals surface area contributed by atoms with Crippen molar-refractivity contribution in [1.82, 2.24) is 0 Å². The minimum absolute atomic E-state index is 0.310. The van der Waals surface area contributed by atoms with Gasteiger partial charge in [0.05, 0.1) is 0 Å². The van der Waals surface area contributed by atoms with Crippen molar-refractivity contribution >= 4 is 11.8 Å². The first-order valence-corrected chi connectivity index (χ1v) is 12.4. The summed E-state index contributed by atoms with van der Waals surface area (Å²) in [6, 6.07) is 0. The number of hydrogen-bond donors (Lipinski definition) is 0. The third-order valence-corrected chi connectivity index (χ3v) is 16.0. The Morgan fingerprint density at radius 2 is 2.12 bits per heavy atom. The average Bonchev–Trinajstić information content (AvgIpc) is 1.66. The van der Waals surface area contributed by atoms with E-state index in [2.05, 4.69) is 20.1 Å². The minimum atomic E-state index is -0.310. The molecule has 0 radical (unpaired) electrons. The van der Waals surface area contributed by atoms with Gasteiger partial charge in [-0.2, -0.15) is 0 Å². The molecule has 0 saturated heterocycles. The van der Waals surface area contributed by atoms with Gasteiger partial charge < -0.3 is 0 Å². The van der Waals surface area contributed by atoms with E-state index in [9.17, 15) is 0 Å². The summed E-state index contributed by atoms with van der Waals surface area (Å²) in [5.41, 5.74) is 0. The first-order chi connectivity index (χ1) is 3.77. The molecule has 0 N–H and O–H groups in total. The molecular weight excluding hydrogens is 305 g/mol. The van der Waals surface area contributed by atoms with Gasteiger partial charge in [-0.15, -0.1) is 0 Å². The van der Waals surface area contributed by atoms with Gasteiger partial charge in [-0.1, -0.05) is 0 Å². The quantitative estimate of drug-likeness (QED) is 0.567. The molecule has 0 aromatic heterocycles. The van der Waals surface area contributed by atoms with Gasteiger partial charge in [0.15, 0.2) is 0 Å². The van der Waals surface area contributed by atoms with Crippen LogP contribution >= 0.6 is 11.8 Å². The first kappa shape index (κ1) is 9.29. The molecule has 0 aliphatic rings. The molecule has 0 atom stereocenters. The Hall–Kier alpha value is 1.29. The molecule has 0 bridgehead atoms. The van der Waals surface area contributed by atoms with E-state index >= 15 is 0 Å². The second kappa shape index (κ2) is 6.41. The van der Waals surface area contributed by atoms with Crippen molar-refractivity contribution in [2.24, 2.45) is 5.92 Å². The molecule has 0 saturated carbocycles. The monoisotopic (exact) mass is 320 g/mol. The van der Waals surface area contributed by atoms with Crippen molar-refractivity contribution in [3.05, 3.63) is 0 Å². The van der Waals surface area contributed by atoms with E-state index in [0.29, 0.717) is 0 Å². The molecule has 0 heterocycles. The van der Waals surface area contributed by atoms with Crippen LogP contribution in [0.15, 0.2) is 0 Å². The van der Waals surface area contributed by atoms with Crippen LogP contribution in [-0.2, 0) is 24.6 Å². The number of thioether (sulfide) groups is 1. The van der Waals surface area contributed by atoms with Gasteiger partial charge in [-0.25, -0.2) is 0 Å². The fourth-order valence-corrected chi connectivity index (χ4v) is 9.58. The third kappa shape index (κ3) is 7.29. The van der Waals surface area contributed by atoms with Crippen molar-refractivity contribution < 1.29 is 24.6 Å². The maximum absolute atomic E-state index is 2.33. The summed E-state index contributed by atoms with van der Waals surface area (Å²) in [6.07, 6.45) is 2.22. The van der Waals surface area contributed by atoms with Crippen LogP contribution in [0, 0.1) is 5.92 Å². The molecule has 46 valence electrons. The van der Waals surface area contributed by atoms with Crippen molar-refractivity contribution in [1.29, 1.82) is 0 Å². The van der Waals surface area contributed by atoms with Crippen molar-refractivity contribution in [3.8, 4) is 0 Å². The summed E-state index contributed by atoms with van der Waals surface area (Å²) < 4.78 is 3.17. The normalized spacial score (nSPS) is 9.50. The predicted molar refractivity (Wildman–Crippen MR) is 38.0 cm³/mol. The zero-order valence-corrected chi connectivity index (χ0v) is 12.4. The summed E-state index contributed by atoms with van der Waals surface area (Å²) >= 11 is 1.73. The van der Waals surface area contributed by atoms with Crippen LogP contribution in [-0.4, -0.2) is 9.52 Å². The molecule has 0 aliphatic heterocycles. The molecule has 0 aromatic rings. The first-order valence-electron chi connectivity index (χ1n) is 3.26. The van der Waals surface area contributed by atoms with Crippen LogP contribution in [0.4, 0.5) is 0 Å². The number of rotatable bonds is 4. The average molecular weight is 319 g/mol. The molecule has 0 fully saturated rings. The van der Waals surface area contributed by atoms with Crippen LogP contribution in [0.3, 0.4) is 0 Å². The molecule has 0 spiro atoms. The van der Waals surface area contributed by atoms with E-state index in [1.807, 2.05) is 11.8 Å². The van der Waals surface area contributed by atoms with E-state index in [1.54, 1.807) is 7.19 Å². The zero-order chi connectivity index (χ0) is 6.41. The van der Waals surface area contributed by atoms with Gasteiger partial charge >= 0.3 is 69.5 Å². The summed E-state index contributed by atoms with van der Waals surface area (Å²) in [5, 5.41) is 0. The van der Waals surface area contributed by atoms with Crippen LogP contribution in [0.25, 0.3) is 0 Å². The van der Waals surface area contributed by atoms with Gasteiger partial charge in [0.2, 0.25) is 0 Å². The van der Waals surface area contributed by atoms with Gasteiger partial charge in [0, 0.05) is 0 Å². The van der Waals surface area contributed by atoms with Gasteiger partial charge in [0.1, 0.15) is 0 Å². The molecule has 0 rings (SSSR count). The summed E-state index contributed by atoms with van der Waals surface area (Å²) in [4.78, 5) is 0. The summed E-state index contributed by atoms with van der Waals surface area (Å²) in [7, 11) is 0. The topological polar surface area (TPSA) is 0 Å². The zero-order valence-electron chi connectivity index (χ0n) is 6.11. The van der Waals surface area contributed by atoms with E-state index in [-0.39, 0.29) is 24.6 Å².